The summed E-state index contributed by atoms with van der Waals surface area (Å²) in [6, 6.07) is 7.24. The van der Waals surface area contributed by atoms with Crippen molar-refractivity contribution in [2.24, 2.45) is 0 Å². The van der Waals surface area contributed by atoms with E-state index in [1.54, 1.807) is 19.2 Å². The van der Waals surface area contributed by atoms with Crippen LogP contribution in [-0.4, -0.2) is 75.9 Å². The molecule has 2 fully saturated rings. The summed E-state index contributed by atoms with van der Waals surface area (Å²) in [6.07, 6.45) is -3.38. The zero-order chi connectivity index (χ0) is 24.4. The van der Waals surface area contributed by atoms with E-state index in [0.717, 1.165) is 5.46 Å². The highest BCUT2D eigenvalue weighted by Gasteiger charge is 2.51. The molecule has 9 nitrogen and oxygen atoms in total. The largest absolute Gasteiger partial charge is 0.494 e. The Kier molecular flexibility index (Phi) is 8.09. The minimum absolute atomic E-state index is 0.347. The van der Waals surface area contributed by atoms with Crippen LogP contribution in [0.15, 0.2) is 24.3 Å². The van der Waals surface area contributed by atoms with Crippen LogP contribution in [0.25, 0.3) is 0 Å². The molecule has 10 heteroatoms. The van der Waals surface area contributed by atoms with Gasteiger partial charge in [0.05, 0.1) is 17.3 Å². The molecule has 0 saturated carbocycles. The van der Waals surface area contributed by atoms with Gasteiger partial charge in [-0.1, -0.05) is 12.1 Å². The molecule has 3 rings (SSSR count). The summed E-state index contributed by atoms with van der Waals surface area (Å²) in [6.45, 7) is 12.2. The van der Waals surface area contributed by atoms with Crippen LogP contribution >= 0.6 is 0 Å². The van der Waals surface area contributed by atoms with Crippen LogP contribution in [0.4, 0.5) is 10.5 Å². The fraction of sp³-hybridized carbons (Fsp3) is 0.696. The van der Waals surface area contributed by atoms with Gasteiger partial charge in [0.1, 0.15) is 18.3 Å². The maximum atomic E-state index is 12.6. The van der Waals surface area contributed by atoms with E-state index in [1.807, 2.05) is 53.7 Å². The normalized spacial score (nSPS) is 30.8. The highest BCUT2D eigenvalue weighted by Crippen LogP contribution is 2.36. The molecule has 1 aromatic rings. The lowest BCUT2D eigenvalue weighted by atomic mass is 9.79. The Morgan fingerprint density at radius 3 is 2.09 bits per heavy atom. The van der Waals surface area contributed by atoms with E-state index in [1.165, 1.54) is 7.11 Å². The topological polar surface area (TPSA) is 93.7 Å². The van der Waals surface area contributed by atoms with Crippen molar-refractivity contribution < 1.29 is 37.8 Å². The second kappa shape index (κ2) is 10.3. The maximum absolute atomic E-state index is 12.6. The molecule has 2 unspecified atom stereocenters. The van der Waals surface area contributed by atoms with Crippen molar-refractivity contribution in [2.45, 2.75) is 83.5 Å². The average Bonchev–Trinajstić information content (AvgIpc) is 2.96. The number of carbonyl (C=O) groups excluding carboxylic acids is 1. The maximum Gasteiger partial charge on any atom is 0.494 e. The number of carbonyl (C=O) groups is 1. The van der Waals surface area contributed by atoms with Gasteiger partial charge in [-0.05, 0) is 59.1 Å². The van der Waals surface area contributed by atoms with Crippen LogP contribution in [0, 0.1) is 0 Å². The van der Waals surface area contributed by atoms with Gasteiger partial charge in [0.25, 0.3) is 0 Å². The summed E-state index contributed by atoms with van der Waals surface area (Å²) in [5.41, 5.74) is 0.583. The third-order valence-corrected chi connectivity index (χ3v) is 6.54. The molecule has 0 aromatic heterocycles. The third kappa shape index (κ3) is 5.53. The van der Waals surface area contributed by atoms with Gasteiger partial charge in [-0.3, -0.25) is 5.32 Å². The van der Waals surface area contributed by atoms with Crippen molar-refractivity contribution in [2.75, 3.05) is 26.1 Å². The number of benzene rings is 1. The molecule has 1 aromatic carbocycles. The van der Waals surface area contributed by atoms with E-state index in [-0.39, 0.29) is 12.2 Å². The van der Waals surface area contributed by atoms with Crippen molar-refractivity contribution in [1.82, 2.24) is 0 Å². The van der Waals surface area contributed by atoms with Gasteiger partial charge in [0.15, 0.2) is 0 Å². The Hall–Kier alpha value is -1.69. The molecule has 5 atom stereocenters. The summed E-state index contributed by atoms with van der Waals surface area (Å²) in [5, 5.41) is 2.72. The van der Waals surface area contributed by atoms with Gasteiger partial charge in [0.2, 0.25) is 6.29 Å². The lowest BCUT2D eigenvalue weighted by molar-refractivity contribution is -0.292. The summed E-state index contributed by atoms with van der Waals surface area (Å²) in [5.74, 6) is 0. The van der Waals surface area contributed by atoms with Gasteiger partial charge in [-0.25, -0.2) is 4.79 Å². The van der Waals surface area contributed by atoms with E-state index >= 15 is 0 Å². The summed E-state index contributed by atoms with van der Waals surface area (Å²) in [7, 11) is 2.63. The van der Waals surface area contributed by atoms with E-state index in [2.05, 4.69) is 5.32 Å². The van der Waals surface area contributed by atoms with E-state index in [4.69, 9.17) is 33.0 Å². The first-order chi connectivity index (χ1) is 15.5. The molecule has 2 heterocycles. The number of ether oxygens (including phenoxy) is 5. The van der Waals surface area contributed by atoms with Gasteiger partial charge in [-0.2, -0.15) is 0 Å². The van der Waals surface area contributed by atoms with Crippen LogP contribution < -0.4 is 10.8 Å². The molecule has 0 radical (unpaired) electrons. The summed E-state index contributed by atoms with van der Waals surface area (Å²) in [4.78, 5) is 12.6. The first-order valence-corrected chi connectivity index (χ1v) is 11.3. The fourth-order valence-electron chi connectivity index (χ4n) is 3.98. The predicted molar refractivity (Wildman–Crippen MR) is 124 cm³/mol. The Morgan fingerprint density at radius 2 is 1.58 bits per heavy atom. The molecule has 2 saturated heterocycles. The Balaban J connectivity index is 1.62. The standard InChI is InChI=1S/C23H36BNO8/c1-9-29-18-17(27-7)14(2)30-20(19(18)28-8)31-21(26)25-16-12-10-15(11-13-16)24-32-22(3,4)23(5,6)33-24/h10-14,17-20H,9H2,1-8H3,(H,25,26)/t14-,17?,18+,19+,20?/m0/s1. The highest BCUT2D eigenvalue weighted by molar-refractivity contribution is 6.62. The molecular formula is C23H36BNO8. The van der Waals surface area contributed by atoms with Crippen molar-refractivity contribution in [3.8, 4) is 0 Å². The molecular weight excluding hydrogens is 429 g/mol. The number of methoxy groups -OCH3 is 2. The Morgan fingerprint density at radius 1 is 1.00 bits per heavy atom. The zero-order valence-corrected chi connectivity index (χ0v) is 20.7. The van der Waals surface area contributed by atoms with Crippen molar-refractivity contribution in [3.05, 3.63) is 24.3 Å². The monoisotopic (exact) mass is 465 g/mol. The second-order valence-corrected chi connectivity index (χ2v) is 9.27. The molecule has 2 aliphatic heterocycles. The summed E-state index contributed by atoms with van der Waals surface area (Å²) >= 11 is 0. The Bertz CT molecular complexity index is 786. The molecule has 184 valence electrons. The number of nitrogens with one attached hydrogen (secondary N) is 1. The summed E-state index contributed by atoms with van der Waals surface area (Å²) < 4.78 is 40.4. The molecule has 2 aliphatic rings. The number of amides is 1. The third-order valence-electron chi connectivity index (χ3n) is 6.54. The number of hydrogen-bond donors (Lipinski definition) is 1. The highest BCUT2D eigenvalue weighted by atomic mass is 16.7. The smallest absolute Gasteiger partial charge is 0.416 e. The first kappa shape index (κ1) is 25.9. The van der Waals surface area contributed by atoms with Crippen LogP contribution in [0.1, 0.15) is 41.5 Å². The predicted octanol–water partition coefficient (Wildman–Crippen LogP) is 2.71. The molecule has 1 amide bonds. The van der Waals surface area contributed by atoms with E-state index < -0.39 is 42.9 Å². The minimum atomic E-state index is -0.947. The van der Waals surface area contributed by atoms with Crippen LogP contribution in [-0.2, 0) is 33.0 Å². The van der Waals surface area contributed by atoms with Gasteiger partial charge < -0.3 is 33.0 Å². The number of hydrogen-bond acceptors (Lipinski definition) is 8. The van der Waals surface area contributed by atoms with Crippen LogP contribution in [0.3, 0.4) is 0 Å². The molecule has 0 aliphatic carbocycles. The van der Waals surface area contributed by atoms with Crippen molar-refractivity contribution >= 4 is 24.4 Å². The quantitative estimate of drug-likeness (QED) is 0.615. The van der Waals surface area contributed by atoms with E-state index in [9.17, 15) is 4.79 Å². The molecule has 1 N–H and O–H groups in total. The van der Waals surface area contributed by atoms with Crippen molar-refractivity contribution in [1.29, 1.82) is 0 Å². The lowest BCUT2D eigenvalue weighted by Crippen LogP contribution is -2.60. The van der Waals surface area contributed by atoms with Gasteiger partial charge >= 0.3 is 13.2 Å². The van der Waals surface area contributed by atoms with Gasteiger partial charge in [-0.15, -0.1) is 0 Å². The van der Waals surface area contributed by atoms with Crippen molar-refractivity contribution in [3.63, 3.8) is 0 Å². The molecule has 0 bridgehead atoms. The minimum Gasteiger partial charge on any atom is -0.416 e. The average molecular weight is 465 g/mol. The van der Waals surface area contributed by atoms with Crippen LogP contribution in [0.5, 0.6) is 0 Å². The fourth-order valence-corrected chi connectivity index (χ4v) is 3.98. The number of anilines is 1. The van der Waals surface area contributed by atoms with E-state index in [0.29, 0.717) is 12.3 Å². The zero-order valence-electron chi connectivity index (χ0n) is 20.7. The SMILES string of the molecule is CCO[C@@H]1C(OC)[C@H](C)OC(OC(=O)Nc2ccc(B3OC(C)(C)C(C)(C)O3)cc2)[C@@H]1OC. The lowest BCUT2D eigenvalue weighted by Gasteiger charge is -2.43. The Labute approximate surface area is 196 Å². The first-order valence-electron chi connectivity index (χ1n) is 11.3. The van der Waals surface area contributed by atoms with Crippen LogP contribution in [0.2, 0.25) is 0 Å². The number of rotatable bonds is 7. The molecule has 33 heavy (non-hydrogen) atoms. The molecule has 0 spiro atoms. The second-order valence-electron chi connectivity index (χ2n) is 9.27. The van der Waals surface area contributed by atoms with Gasteiger partial charge in [0, 0.05) is 26.5 Å².